The number of carboxylic acid groups (broad SMARTS) is 1. The third kappa shape index (κ3) is 2.25. The number of hydrogen-bond acceptors (Lipinski definition) is 3. The van der Waals surface area contributed by atoms with Gasteiger partial charge in [-0.3, -0.25) is 4.79 Å². The molecular weight excluding hydrogens is 254 g/mol. The summed E-state index contributed by atoms with van der Waals surface area (Å²) in [4.78, 5) is 12.8. The Morgan fingerprint density at radius 3 is 2.94 bits per heavy atom. The van der Waals surface area contributed by atoms with Crippen molar-refractivity contribution in [2.24, 2.45) is 0 Å². The lowest BCUT2D eigenvalue weighted by molar-refractivity contribution is -0.137. The van der Waals surface area contributed by atoms with Gasteiger partial charge in [0.2, 0.25) is 0 Å². The highest BCUT2D eigenvalue weighted by Gasteiger charge is 2.29. The SMILES string of the molecule is COc1ccc(Cl)c2c1CCC(CC(=O)O)N2C. The minimum Gasteiger partial charge on any atom is -0.496 e. The predicted molar refractivity (Wildman–Crippen MR) is 70.8 cm³/mol. The van der Waals surface area contributed by atoms with Gasteiger partial charge in [0.15, 0.2) is 0 Å². The lowest BCUT2D eigenvalue weighted by Gasteiger charge is -2.36. The monoisotopic (exact) mass is 269 g/mol. The summed E-state index contributed by atoms with van der Waals surface area (Å²) in [6, 6.07) is 3.63. The minimum absolute atomic E-state index is 0.0143. The number of methoxy groups -OCH3 is 1. The summed E-state index contributed by atoms with van der Waals surface area (Å²) in [6.45, 7) is 0. The van der Waals surface area contributed by atoms with Crippen LogP contribution in [0.5, 0.6) is 5.75 Å². The van der Waals surface area contributed by atoms with E-state index in [1.165, 1.54) is 0 Å². The highest BCUT2D eigenvalue weighted by atomic mass is 35.5. The Morgan fingerprint density at radius 1 is 1.61 bits per heavy atom. The Kier molecular flexibility index (Phi) is 3.66. The molecule has 0 fully saturated rings. The third-order valence-electron chi connectivity index (χ3n) is 3.45. The van der Waals surface area contributed by atoms with E-state index in [1.54, 1.807) is 13.2 Å². The van der Waals surface area contributed by atoms with Crippen molar-refractivity contribution in [3.63, 3.8) is 0 Å². The van der Waals surface area contributed by atoms with Crippen LogP contribution in [0.4, 0.5) is 5.69 Å². The van der Waals surface area contributed by atoms with Crippen LogP contribution in [0.25, 0.3) is 0 Å². The molecule has 0 aromatic heterocycles. The summed E-state index contributed by atoms with van der Waals surface area (Å²) >= 11 is 6.22. The molecular formula is C13H16ClNO3. The molecule has 1 N–H and O–H groups in total. The van der Waals surface area contributed by atoms with Gasteiger partial charge in [-0.1, -0.05) is 11.6 Å². The minimum atomic E-state index is -0.783. The first-order valence-corrected chi connectivity index (χ1v) is 6.22. The molecule has 1 aliphatic rings. The Bertz CT molecular complexity index is 476. The number of nitrogens with zero attached hydrogens (tertiary/aromatic N) is 1. The zero-order valence-electron chi connectivity index (χ0n) is 10.4. The summed E-state index contributed by atoms with van der Waals surface area (Å²) in [5.41, 5.74) is 1.96. The molecule has 0 aliphatic carbocycles. The van der Waals surface area contributed by atoms with E-state index in [4.69, 9.17) is 21.4 Å². The number of benzene rings is 1. The molecule has 0 radical (unpaired) electrons. The van der Waals surface area contributed by atoms with Gasteiger partial charge in [0.05, 0.1) is 24.2 Å². The van der Waals surface area contributed by atoms with Gasteiger partial charge in [0, 0.05) is 18.7 Å². The highest BCUT2D eigenvalue weighted by molar-refractivity contribution is 6.33. The van der Waals surface area contributed by atoms with E-state index < -0.39 is 5.97 Å². The quantitative estimate of drug-likeness (QED) is 0.916. The van der Waals surface area contributed by atoms with Crippen molar-refractivity contribution in [1.82, 2.24) is 0 Å². The molecule has 1 heterocycles. The molecule has 0 saturated heterocycles. The van der Waals surface area contributed by atoms with E-state index in [-0.39, 0.29) is 12.5 Å². The van der Waals surface area contributed by atoms with Gasteiger partial charge >= 0.3 is 5.97 Å². The first-order valence-electron chi connectivity index (χ1n) is 5.84. The third-order valence-corrected chi connectivity index (χ3v) is 3.75. The zero-order chi connectivity index (χ0) is 13.3. The van der Waals surface area contributed by atoms with Crippen LogP contribution in [-0.4, -0.2) is 31.3 Å². The number of rotatable bonds is 3. The molecule has 2 rings (SSSR count). The van der Waals surface area contributed by atoms with Crippen molar-refractivity contribution in [1.29, 1.82) is 0 Å². The van der Waals surface area contributed by atoms with Crippen LogP contribution in [0.15, 0.2) is 12.1 Å². The Hall–Kier alpha value is -1.42. The van der Waals surface area contributed by atoms with E-state index >= 15 is 0 Å². The normalized spacial score (nSPS) is 18.4. The molecule has 0 saturated carbocycles. The van der Waals surface area contributed by atoms with Crippen molar-refractivity contribution in [2.75, 3.05) is 19.1 Å². The van der Waals surface area contributed by atoms with Crippen LogP contribution in [0, 0.1) is 0 Å². The molecule has 0 spiro atoms. The van der Waals surface area contributed by atoms with Crippen molar-refractivity contribution in [3.8, 4) is 5.75 Å². The van der Waals surface area contributed by atoms with Crippen LogP contribution in [0.1, 0.15) is 18.4 Å². The lowest BCUT2D eigenvalue weighted by atomic mass is 9.93. The highest BCUT2D eigenvalue weighted by Crippen LogP contribution is 2.41. The number of carboxylic acids is 1. The van der Waals surface area contributed by atoms with Crippen LogP contribution in [-0.2, 0) is 11.2 Å². The molecule has 4 nitrogen and oxygen atoms in total. The molecule has 1 aliphatic heterocycles. The Balaban J connectivity index is 2.39. The summed E-state index contributed by atoms with van der Waals surface area (Å²) in [7, 11) is 3.52. The second-order valence-electron chi connectivity index (χ2n) is 4.48. The number of fused-ring (bicyclic) bond motifs is 1. The maximum atomic E-state index is 10.8. The standard InChI is InChI=1S/C13H16ClNO3/c1-15-8(7-12(16)17)3-4-9-11(18-2)6-5-10(14)13(9)15/h5-6,8H,3-4,7H2,1-2H3,(H,16,17). The average molecular weight is 270 g/mol. The van der Waals surface area contributed by atoms with Gasteiger partial charge in [-0.05, 0) is 25.0 Å². The van der Waals surface area contributed by atoms with Crippen molar-refractivity contribution in [3.05, 3.63) is 22.7 Å². The summed E-state index contributed by atoms with van der Waals surface area (Å²) < 4.78 is 5.33. The van der Waals surface area contributed by atoms with Crippen LogP contribution in [0.2, 0.25) is 5.02 Å². The van der Waals surface area contributed by atoms with Gasteiger partial charge < -0.3 is 14.7 Å². The first-order chi connectivity index (χ1) is 8.54. The fourth-order valence-electron chi connectivity index (χ4n) is 2.53. The molecule has 5 heteroatoms. The smallest absolute Gasteiger partial charge is 0.305 e. The lowest BCUT2D eigenvalue weighted by Crippen LogP contribution is -2.38. The van der Waals surface area contributed by atoms with E-state index in [0.717, 1.165) is 29.8 Å². The number of anilines is 1. The van der Waals surface area contributed by atoms with Crippen molar-refractivity contribution >= 4 is 23.3 Å². The fourth-order valence-corrected chi connectivity index (χ4v) is 2.84. The van der Waals surface area contributed by atoms with Gasteiger partial charge in [0.1, 0.15) is 5.75 Å². The molecule has 18 heavy (non-hydrogen) atoms. The fraction of sp³-hybridized carbons (Fsp3) is 0.462. The van der Waals surface area contributed by atoms with Gasteiger partial charge in [-0.15, -0.1) is 0 Å². The number of carbonyl (C=O) groups is 1. The van der Waals surface area contributed by atoms with Gasteiger partial charge in [-0.2, -0.15) is 0 Å². The van der Waals surface area contributed by atoms with E-state index in [0.29, 0.717) is 5.02 Å². The molecule has 1 aromatic carbocycles. The molecule has 98 valence electrons. The largest absolute Gasteiger partial charge is 0.496 e. The van der Waals surface area contributed by atoms with Crippen LogP contribution < -0.4 is 9.64 Å². The van der Waals surface area contributed by atoms with Gasteiger partial charge in [0.25, 0.3) is 0 Å². The summed E-state index contributed by atoms with van der Waals surface area (Å²) in [5, 5.41) is 9.56. The topological polar surface area (TPSA) is 49.8 Å². The second-order valence-corrected chi connectivity index (χ2v) is 4.89. The number of aliphatic carboxylic acids is 1. The molecule has 1 aromatic rings. The van der Waals surface area contributed by atoms with E-state index in [1.807, 2.05) is 18.0 Å². The van der Waals surface area contributed by atoms with Gasteiger partial charge in [-0.25, -0.2) is 0 Å². The average Bonchev–Trinajstić information content (AvgIpc) is 2.32. The maximum Gasteiger partial charge on any atom is 0.305 e. The molecule has 1 unspecified atom stereocenters. The van der Waals surface area contributed by atoms with Crippen LogP contribution in [0.3, 0.4) is 0 Å². The Labute approximate surface area is 111 Å². The maximum absolute atomic E-state index is 10.8. The number of halogens is 1. The van der Waals surface area contributed by atoms with Crippen molar-refractivity contribution in [2.45, 2.75) is 25.3 Å². The van der Waals surface area contributed by atoms with E-state index in [2.05, 4.69) is 0 Å². The molecule has 0 amide bonds. The zero-order valence-corrected chi connectivity index (χ0v) is 11.2. The van der Waals surface area contributed by atoms with E-state index in [9.17, 15) is 4.79 Å². The second kappa shape index (κ2) is 5.06. The Morgan fingerprint density at radius 2 is 2.33 bits per heavy atom. The van der Waals surface area contributed by atoms with Crippen LogP contribution >= 0.6 is 11.6 Å². The number of ether oxygens (including phenoxy) is 1. The first kappa shape index (κ1) is 13.0. The van der Waals surface area contributed by atoms with Crippen molar-refractivity contribution < 1.29 is 14.6 Å². The molecule has 0 bridgehead atoms. The predicted octanol–water partition coefficient (Wildman–Crippen LogP) is 2.57. The number of hydrogen-bond donors (Lipinski definition) is 1. The summed E-state index contributed by atoms with van der Waals surface area (Å²) in [5.74, 6) is 0.0318. The molecule has 1 atom stereocenters. The summed E-state index contributed by atoms with van der Waals surface area (Å²) in [6.07, 6.45) is 1.72.